The van der Waals surface area contributed by atoms with E-state index in [9.17, 15) is 9.18 Å². The second-order valence-corrected chi connectivity index (χ2v) is 5.84. The van der Waals surface area contributed by atoms with Gasteiger partial charge in [-0.25, -0.2) is 4.39 Å². The van der Waals surface area contributed by atoms with E-state index >= 15 is 0 Å². The minimum atomic E-state index is -0.451. The van der Waals surface area contributed by atoms with Crippen molar-refractivity contribution < 1.29 is 23.4 Å². The highest BCUT2D eigenvalue weighted by Crippen LogP contribution is 2.31. The highest BCUT2D eigenvalue weighted by Gasteiger charge is 2.15. The largest absolute Gasteiger partial charge is 0.494 e. The number of methoxy groups -OCH3 is 1. The number of rotatable bonds is 5. The number of nitrogens with one attached hydrogen (secondary N) is 1. The molecular weight excluding hydrogens is 325 g/mol. The van der Waals surface area contributed by atoms with Crippen LogP contribution in [0.1, 0.15) is 24.1 Å². The molecule has 0 fully saturated rings. The third-order valence-corrected chi connectivity index (χ3v) is 4.02. The molecular formula is C19H20FNO4. The normalized spacial score (nSPS) is 13.9. The van der Waals surface area contributed by atoms with Gasteiger partial charge in [-0.2, -0.15) is 0 Å². The van der Waals surface area contributed by atoms with Crippen LogP contribution in [0.4, 0.5) is 4.39 Å². The summed E-state index contributed by atoms with van der Waals surface area (Å²) >= 11 is 0. The summed E-state index contributed by atoms with van der Waals surface area (Å²) in [6.45, 7) is 2.84. The first-order chi connectivity index (χ1) is 12.1. The quantitative estimate of drug-likeness (QED) is 0.905. The van der Waals surface area contributed by atoms with Crippen LogP contribution in [0.25, 0.3) is 0 Å². The lowest BCUT2D eigenvalue weighted by molar-refractivity contribution is -0.121. The Bertz CT molecular complexity index is 778. The zero-order valence-corrected chi connectivity index (χ0v) is 14.2. The summed E-state index contributed by atoms with van der Waals surface area (Å²) in [5.74, 6) is 0.922. The van der Waals surface area contributed by atoms with Crippen LogP contribution in [0, 0.1) is 5.82 Å². The number of halogens is 1. The first kappa shape index (κ1) is 17.1. The molecule has 0 aliphatic carbocycles. The summed E-state index contributed by atoms with van der Waals surface area (Å²) in [7, 11) is 1.41. The third-order valence-electron chi connectivity index (χ3n) is 4.02. The summed E-state index contributed by atoms with van der Waals surface area (Å²) in [6, 6.07) is 9.79. The van der Waals surface area contributed by atoms with Crippen LogP contribution in [-0.2, 0) is 11.2 Å². The molecule has 0 saturated carbocycles. The predicted octanol–water partition coefficient (Wildman–Crippen LogP) is 3.03. The highest BCUT2D eigenvalue weighted by atomic mass is 19.1. The molecule has 6 heteroatoms. The molecule has 2 aromatic rings. The molecule has 1 aliphatic rings. The second kappa shape index (κ2) is 7.42. The van der Waals surface area contributed by atoms with Gasteiger partial charge in [-0.1, -0.05) is 12.1 Å². The van der Waals surface area contributed by atoms with E-state index < -0.39 is 5.82 Å². The highest BCUT2D eigenvalue weighted by molar-refractivity contribution is 5.79. The van der Waals surface area contributed by atoms with Gasteiger partial charge < -0.3 is 19.5 Å². The van der Waals surface area contributed by atoms with Crippen molar-refractivity contribution in [2.75, 3.05) is 20.3 Å². The number of amides is 1. The Morgan fingerprint density at radius 3 is 2.68 bits per heavy atom. The average Bonchev–Trinajstić information content (AvgIpc) is 2.61. The standard InChI is InChI=1S/C19H20FNO4/c1-12(14-4-6-16(23-2)15(20)11-14)21-19(22)10-13-3-5-17-18(9-13)25-8-7-24-17/h3-6,9,11-12H,7-8,10H2,1-2H3,(H,21,22)/t12-/m1/s1. The Kier molecular flexibility index (Phi) is 5.07. The Morgan fingerprint density at radius 2 is 1.96 bits per heavy atom. The van der Waals surface area contributed by atoms with Gasteiger partial charge in [0.05, 0.1) is 19.6 Å². The number of carbonyl (C=O) groups is 1. The number of hydrogen-bond acceptors (Lipinski definition) is 4. The predicted molar refractivity (Wildman–Crippen MR) is 90.6 cm³/mol. The van der Waals surface area contributed by atoms with Crippen LogP contribution in [-0.4, -0.2) is 26.2 Å². The van der Waals surface area contributed by atoms with Gasteiger partial charge >= 0.3 is 0 Å². The smallest absolute Gasteiger partial charge is 0.224 e. The fourth-order valence-electron chi connectivity index (χ4n) is 2.71. The van der Waals surface area contributed by atoms with Crippen molar-refractivity contribution in [2.45, 2.75) is 19.4 Å². The summed E-state index contributed by atoms with van der Waals surface area (Å²) < 4.78 is 29.7. The van der Waals surface area contributed by atoms with Crippen LogP contribution >= 0.6 is 0 Å². The van der Waals surface area contributed by atoms with E-state index in [4.69, 9.17) is 14.2 Å². The summed E-state index contributed by atoms with van der Waals surface area (Å²) in [4.78, 5) is 12.3. The molecule has 25 heavy (non-hydrogen) atoms. The first-order valence-electron chi connectivity index (χ1n) is 8.08. The second-order valence-electron chi connectivity index (χ2n) is 5.84. The molecule has 0 saturated heterocycles. The number of carbonyl (C=O) groups excluding carboxylic acids is 1. The molecule has 1 atom stereocenters. The van der Waals surface area contributed by atoms with Gasteiger partial charge in [-0.3, -0.25) is 4.79 Å². The Balaban J connectivity index is 1.63. The monoisotopic (exact) mass is 345 g/mol. The number of hydrogen-bond donors (Lipinski definition) is 1. The van der Waals surface area contributed by atoms with E-state index in [2.05, 4.69) is 5.32 Å². The van der Waals surface area contributed by atoms with Crippen LogP contribution < -0.4 is 19.5 Å². The van der Waals surface area contributed by atoms with Crippen molar-refractivity contribution in [1.29, 1.82) is 0 Å². The molecule has 5 nitrogen and oxygen atoms in total. The molecule has 0 aromatic heterocycles. The van der Waals surface area contributed by atoms with Gasteiger partial charge in [0.15, 0.2) is 23.1 Å². The SMILES string of the molecule is COc1ccc([C@@H](C)NC(=O)Cc2ccc3c(c2)OCCO3)cc1F. The maximum absolute atomic E-state index is 13.8. The van der Waals surface area contributed by atoms with Crippen molar-refractivity contribution in [1.82, 2.24) is 5.32 Å². The lowest BCUT2D eigenvalue weighted by Gasteiger charge is -2.19. The van der Waals surface area contributed by atoms with E-state index in [0.717, 1.165) is 5.56 Å². The number of fused-ring (bicyclic) bond motifs is 1. The van der Waals surface area contributed by atoms with Crippen molar-refractivity contribution in [3.8, 4) is 17.2 Å². The van der Waals surface area contributed by atoms with E-state index in [1.807, 2.05) is 19.1 Å². The molecule has 0 bridgehead atoms. The first-order valence-corrected chi connectivity index (χ1v) is 8.08. The number of benzene rings is 2. The Morgan fingerprint density at radius 1 is 1.20 bits per heavy atom. The van der Waals surface area contributed by atoms with E-state index in [1.165, 1.54) is 13.2 Å². The summed E-state index contributed by atoms with van der Waals surface area (Å²) in [5, 5.41) is 2.87. The van der Waals surface area contributed by atoms with Gasteiger partial charge in [0, 0.05) is 0 Å². The lowest BCUT2D eigenvalue weighted by atomic mass is 10.1. The molecule has 1 heterocycles. The third kappa shape index (κ3) is 4.02. The molecule has 1 aliphatic heterocycles. The summed E-state index contributed by atoms with van der Waals surface area (Å²) in [6.07, 6.45) is 0.208. The topological polar surface area (TPSA) is 56.8 Å². The Labute approximate surface area is 145 Å². The fraction of sp³-hybridized carbons (Fsp3) is 0.316. The van der Waals surface area contributed by atoms with Gasteiger partial charge in [0.1, 0.15) is 13.2 Å². The van der Waals surface area contributed by atoms with Crippen molar-refractivity contribution in [2.24, 2.45) is 0 Å². The van der Waals surface area contributed by atoms with Crippen molar-refractivity contribution in [3.05, 3.63) is 53.3 Å². The van der Waals surface area contributed by atoms with E-state index in [-0.39, 0.29) is 24.1 Å². The molecule has 0 radical (unpaired) electrons. The summed E-state index contributed by atoms with van der Waals surface area (Å²) in [5.41, 5.74) is 1.50. The minimum Gasteiger partial charge on any atom is -0.494 e. The molecule has 0 unspecified atom stereocenters. The Hall–Kier alpha value is -2.76. The number of ether oxygens (including phenoxy) is 3. The molecule has 132 valence electrons. The lowest BCUT2D eigenvalue weighted by Crippen LogP contribution is -2.28. The molecule has 2 aromatic carbocycles. The maximum atomic E-state index is 13.8. The zero-order chi connectivity index (χ0) is 17.8. The van der Waals surface area contributed by atoms with Crippen molar-refractivity contribution >= 4 is 5.91 Å². The van der Waals surface area contributed by atoms with Crippen molar-refractivity contribution in [3.63, 3.8) is 0 Å². The van der Waals surface area contributed by atoms with Gasteiger partial charge in [0.2, 0.25) is 5.91 Å². The zero-order valence-electron chi connectivity index (χ0n) is 14.2. The van der Waals surface area contributed by atoms with Gasteiger partial charge in [-0.05, 0) is 42.3 Å². The maximum Gasteiger partial charge on any atom is 0.224 e. The van der Waals surface area contributed by atoms with E-state index in [1.54, 1.807) is 18.2 Å². The van der Waals surface area contributed by atoms with Crippen LogP contribution in [0.5, 0.6) is 17.2 Å². The molecule has 3 rings (SSSR count). The van der Waals surface area contributed by atoms with E-state index in [0.29, 0.717) is 30.3 Å². The molecule has 1 amide bonds. The van der Waals surface area contributed by atoms with Gasteiger partial charge in [0.25, 0.3) is 0 Å². The van der Waals surface area contributed by atoms with Gasteiger partial charge in [-0.15, -0.1) is 0 Å². The molecule has 0 spiro atoms. The fourth-order valence-corrected chi connectivity index (χ4v) is 2.71. The van der Waals surface area contributed by atoms with Crippen LogP contribution in [0.2, 0.25) is 0 Å². The minimum absolute atomic E-state index is 0.152. The van der Waals surface area contributed by atoms with Crippen LogP contribution in [0.3, 0.4) is 0 Å². The van der Waals surface area contributed by atoms with Crippen LogP contribution in [0.15, 0.2) is 36.4 Å². The molecule has 1 N–H and O–H groups in total. The average molecular weight is 345 g/mol.